The minimum absolute atomic E-state index is 0.0647. The highest BCUT2D eigenvalue weighted by Gasteiger charge is 2.21. The first-order valence-electron chi connectivity index (χ1n) is 5.83. The van der Waals surface area contributed by atoms with Crippen LogP contribution in [0.1, 0.15) is 21.6 Å². The fourth-order valence-corrected chi connectivity index (χ4v) is 1.83. The first-order valence-corrected chi connectivity index (χ1v) is 5.83. The predicted molar refractivity (Wildman–Crippen MR) is 71.2 cm³/mol. The molecule has 0 saturated heterocycles. The molecule has 0 fully saturated rings. The summed E-state index contributed by atoms with van der Waals surface area (Å²) in [6.45, 7) is 1.63. The first-order chi connectivity index (χ1) is 9.97. The molecule has 8 heteroatoms. The predicted octanol–water partition coefficient (Wildman–Crippen LogP) is 2.11. The van der Waals surface area contributed by atoms with Gasteiger partial charge in [0.2, 0.25) is 11.6 Å². The van der Waals surface area contributed by atoms with Crippen molar-refractivity contribution in [3.63, 3.8) is 0 Å². The van der Waals surface area contributed by atoms with Gasteiger partial charge in [-0.15, -0.1) is 0 Å². The first kappa shape index (κ1) is 14.2. The zero-order valence-electron chi connectivity index (χ0n) is 11.2. The van der Waals surface area contributed by atoms with E-state index in [1.54, 1.807) is 14.0 Å². The Labute approximate surface area is 119 Å². The summed E-state index contributed by atoms with van der Waals surface area (Å²) < 4.78 is 6.78. The van der Waals surface area contributed by atoms with E-state index >= 15 is 0 Å². The molecule has 2 rings (SSSR count). The minimum Gasteiger partial charge on any atom is -0.431 e. The van der Waals surface area contributed by atoms with Crippen molar-refractivity contribution >= 4 is 12.0 Å². The van der Waals surface area contributed by atoms with Crippen LogP contribution in [0.3, 0.4) is 0 Å². The van der Waals surface area contributed by atoms with Crippen LogP contribution in [0.2, 0.25) is 0 Å². The number of ether oxygens (including phenoxy) is 1. The highest BCUT2D eigenvalue weighted by molar-refractivity contribution is 5.80. The van der Waals surface area contributed by atoms with Gasteiger partial charge < -0.3 is 4.74 Å². The van der Waals surface area contributed by atoms with Gasteiger partial charge in [0.05, 0.1) is 27.8 Å². The van der Waals surface area contributed by atoms with Gasteiger partial charge in [-0.25, -0.2) is 4.68 Å². The molecule has 0 bridgehead atoms. The van der Waals surface area contributed by atoms with Crippen LogP contribution in [0.4, 0.5) is 5.69 Å². The molecule has 0 spiro atoms. The molecule has 0 amide bonds. The number of aromatic nitrogens is 2. The van der Waals surface area contributed by atoms with Crippen molar-refractivity contribution in [1.29, 1.82) is 5.26 Å². The molecule has 1 aromatic heterocycles. The maximum absolute atomic E-state index is 11.1. The molecule has 0 aliphatic carbocycles. The van der Waals surface area contributed by atoms with Gasteiger partial charge in [0.1, 0.15) is 0 Å². The number of hydrogen-bond acceptors (Lipinski definition) is 6. The van der Waals surface area contributed by atoms with Crippen molar-refractivity contribution in [3.8, 4) is 17.7 Å². The van der Waals surface area contributed by atoms with Crippen LogP contribution in [0.25, 0.3) is 0 Å². The number of nitriles is 1. The molecule has 1 heterocycles. The average Bonchev–Trinajstić information content (AvgIpc) is 2.72. The molecule has 0 saturated carbocycles. The number of nitro benzene ring substituents is 1. The van der Waals surface area contributed by atoms with Crippen molar-refractivity contribution in [2.45, 2.75) is 6.92 Å². The van der Waals surface area contributed by atoms with Crippen LogP contribution < -0.4 is 4.74 Å². The van der Waals surface area contributed by atoms with Crippen molar-refractivity contribution in [3.05, 3.63) is 45.1 Å². The highest BCUT2D eigenvalue weighted by Crippen LogP contribution is 2.33. The van der Waals surface area contributed by atoms with E-state index in [4.69, 9.17) is 10.00 Å². The number of carbonyl (C=O) groups excluding carboxylic acids is 1. The second kappa shape index (κ2) is 5.42. The molecular weight excluding hydrogens is 276 g/mol. The van der Waals surface area contributed by atoms with Crippen LogP contribution in [0.5, 0.6) is 11.6 Å². The molecule has 21 heavy (non-hydrogen) atoms. The van der Waals surface area contributed by atoms with Gasteiger partial charge in [0.15, 0.2) is 6.29 Å². The maximum Gasteiger partial charge on any atom is 0.312 e. The Bertz CT molecular complexity index is 773. The van der Waals surface area contributed by atoms with Crippen LogP contribution in [0, 0.1) is 28.4 Å². The number of aryl methyl sites for hydroxylation is 2. The SMILES string of the molecule is Cc1nn(C)c(Oc2ccc(C#N)cc2[N+](=O)[O-])c1C=O. The second-order valence-electron chi connectivity index (χ2n) is 4.20. The van der Waals surface area contributed by atoms with Gasteiger partial charge in [0.25, 0.3) is 0 Å². The van der Waals surface area contributed by atoms with Crippen molar-refractivity contribution < 1.29 is 14.5 Å². The highest BCUT2D eigenvalue weighted by atomic mass is 16.6. The third-order valence-corrected chi connectivity index (χ3v) is 2.82. The largest absolute Gasteiger partial charge is 0.431 e. The third-order valence-electron chi connectivity index (χ3n) is 2.82. The molecule has 8 nitrogen and oxygen atoms in total. The molecule has 1 aromatic carbocycles. The molecule has 0 aliphatic rings. The number of hydrogen-bond donors (Lipinski definition) is 0. The van der Waals surface area contributed by atoms with E-state index in [-0.39, 0.29) is 28.4 Å². The van der Waals surface area contributed by atoms with E-state index in [1.807, 2.05) is 6.07 Å². The molecule has 0 atom stereocenters. The lowest BCUT2D eigenvalue weighted by Crippen LogP contribution is -2.00. The van der Waals surface area contributed by atoms with E-state index in [2.05, 4.69) is 5.10 Å². The summed E-state index contributed by atoms with van der Waals surface area (Å²) in [4.78, 5) is 21.5. The molecule has 0 unspecified atom stereocenters. The fraction of sp³-hybridized carbons (Fsp3) is 0.154. The van der Waals surface area contributed by atoms with Crippen molar-refractivity contribution in [2.24, 2.45) is 7.05 Å². The lowest BCUT2D eigenvalue weighted by atomic mass is 10.2. The quantitative estimate of drug-likeness (QED) is 0.483. The van der Waals surface area contributed by atoms with E-state index in [0.29, 0.717) is 12.0 Å². The van der Waals surface area contributed by atoms with Gasteiger partial charge in [0, 0.05) is 13.1 Å². The summed E-state index contributed by atoms with van der Waals surface area (Å²) in [5.41, 5.74) is 0.463. The van der Waals surface area contributed by atoms with Crippen LogP contribution in [-0.4, -0.2) is 21.0 Å². The Morgan fingerprint density at radius 3 is 2.81 bits per heavy atom. The molecule has 2 aromatic rings. The Morgan fingerprint density at radius 1 is 1.52 bits per heavy atom. The molecule has 106 valence electrons. The summed E-state index contributed by atoms with van der Waals surface area (Å²) in [5, 5.41) is 23.9. The normalized spacial score (nSPS) is 9.95. The number of benzene rings is 1. The van der Waals surface area contributed by atoms with Crippen LogP contribution >= 0.6 is 0 Å². The summed E-state index contributed by atoms with van der Waals surface area (Å²) in [7, 11) is 1.56. The number of aldehydes is 1. The molecule has 0 aliphatic heterocycles. The smallest absolute Gasteiger partial charge is 0.312 e. The van der Waals surface area contributed by atoms with Crippen LogP contribution in [0.15, 0.2) is 18.2 Å². The average molecular weight is 286 g/mol. The molecular formula is C13H10N4O4. The second-order valence-corrected chi connectivity index (χ2v) is 4.20. The zero-order chi connectivity index (χ0) is 15.6. The zero-order valence-corrected chi connectivity index (χ0v) is 11.2. The Morgan fingerprint density at radius 2 is 2.24 bits per heavy atom. The fourth-order valence-electron chi connectivity index (χ4n) is 1.83. The van der Waals surface area contributed by atoms with Gasteiger partial charge >= 0.3 is 5.69 Å². The summed E-state index contributed by atoms with van der Waals surface area (Å²) in [6.07, 6.45) is 0.577. The van der Waals surface area contributed by atoms with Crippen molar-refractivity contribution in [1.82, 2.24) is 9.78 Å². The Balaban J connectivity index is 2.52. The standard InChI is InChI=1S/C13H10N4O4/c1-8-10(7-18)13(16(2)15-8)21-12-4-3-9(6-14)5-11(12)17(19)20/h3-5,7H,1-2H3. The summed E-state index contributed by atoms with van der Waals surface area (Å²) in [6, 6.07) is 5.64. The number of carbonyl (C=O) groups is 1. The Kier molecular flexibility index (Phi) is 3.67. The molecule has 0 N–H and O–H groups in total. The van der Waals surface area contributed by atoms with Gasteiger partial charge in [-0.1, -0.05) is 0 Å². The van der Waals surface area contributed by atoms with E-state index in [9.17, 15) is 14.9 Å². The van der Waals surface area contributed by atoms with E-state index < -0.39 is 4.92 Å². The number of nitrogens with zero attached hydrogens (tertiary/aromatic N) is 4. The van der Waals surface area contributed by atoms with E-state index in [0.717, 1.165) is 6.07 Å². The lowest BCUT2D eigenvalue weighted by molar-refractivity contribution is -0.385. The van der Waals surface area contributed by atoms with E-state index in [1.165, 1.54) is 16.8 Å². The summed E-state index contributed by atoms with van der Waals surface area (Å²) in [5.74, 6) is 0.0420. The van der Waals surface area contributed by atoms with Gasteiger partial charge in [-0.05, 0) is 19.1 Å². The van der Waals surface area contributed by atoms with Crippen LogP contribution in [-0.2, 0) is 7.05 Å². The lowest BCUT2D eigenvalue weighted by Gasteiger charge is -2.07. The molecule has 0 radical (unpaired) electrons. The maximum atomic E-state index is 11.1. The van der Waals surface area contributed by atoms with Crippen molar-refractivity contribution in [2.75, 3.05) is 0 Å². The minimum atomic E-state index is -0.653. The summed E-state index contributed by atoms with van der Waals surface area (Å²) >= 11 is 0. The van der Waals surface area contributed by atoms with Gasteiger partial charge in [-0.2, -0.15) is 10.4 Å². The number of nitro groups is 1. The topological polar surface area (TPSA) is 111 Å². The van der Waals surface area contributed by atoms with Gasteiger partial charge in [-0.3, -0.25) is 14.9 Å². The number of rotatable bonds is 4. The monoisotopic (exact) mass is 286 g/mol. The third kappa shape index (κ3) is 2.57. The Hall–Kier alpha value is -3.21.